The number of carbonyl (C=O) groups excluding carboxylic acids is 2. The molecule has 0 spiro atoms. The lowest BCUT2D eigenvalue weighted by molar-refractivity contribution is -0.183. The fourth-order valence-corrected chi connectivity index (χ4v) is 7.79. The third kappa shape index (κ3) is 2.20. The molecule has 5 nitrogen and oxygen atoms in total. The summed E-state index contributed by atoms with van der Waals surface area (Å²) in [6, 6.07) is 0. The van der Waals surface area contributed by atoms with Gasteiger partial charge in [-0.05, 0) is 74.7 Å². The highest BCUT2D eigenvalue weighted by Crippen LogP contribution is 2.69. The van der Waals surface area contributed by atoms with Crippen LogP contribution in [0.3, 0.4) is 0 Å². The molecule has 5 heteroatoms. The van der Waals surface area contributed by atoms with Crippen molar-refractivity contribution < 1.29 is 24.5 Å². The van der Waals surface area contributed by atoms with Crippen molar-refractivity contribution in [2.24, 2.45) is 28.6 Å². The van der Waals surface area contributed by atoms with Crippen LogP contribution in [-0.4, -0.2) is 40.8 Å². The number of esters is 1. The van der Waals surface area contributed by atoms with Gasteiger partial charge >= 0.3 is 5.97 Å². The quantitative estimate of drug-likeness (QED) is 0.433. The fraction of sp³-hybridized carbons (Fsp3) is 0.739. The number of rotatable bonds is 2. The van der Waals surface area contributed by atoms with Gasteiger partial charge in [-0.25, -0.2) is 4.79 Å². The Morgan fingerprint density at radius 1 is 1.14 bits per heavy atom. The van der Waals surface area contributed by atoms with Crippen molar-refractivity contribution in [1.82, 2.24) is 0 Å². The van der Waals surface area contributed by atoms with E-state index in [1.807, 2.05) is 6.08 Å². The minimum atomic E-state index is -0.815. The lowest BCUT2D eigenvalue weighted by Crippen LogP contribution is -2.61. The topological polar surface area (TPSA) is 83.8 Å². The molecule has 0 aromatic rings. The van der Waals surface area contributed by atoms with Crippen molar-refractivity contribution in [2.75, 3.05) is 6.61 Å². The number of fused-ring (bicyclic) bond motifs is 5. The fourth-order valence-electron chi connectivity index (χ4n) is 7.79. The van der Waals surface area contributed by atoms with Crippen LogP contribution in [0, 0.1) is 28.6 Å². The maximum atomic E-state index is 12.4. The number of allylic oxidation sites excluding steroid dienone is 1. The summed E-state index contributed by atoms with van der Waals surface area (Å²) in [5.74, 6) is 0.135. The minimum absolute atomic E-state index is 0.0902. The van der Waals surface area contributed by atoms with Crippen LogP contribution in [0.25, 0.3) is 0 Å². The van der Waals surface area contributed by atoms with Gasteiger partial charge in [0, 0.05) is 11.5 Å². The number of ether oxygens (including phenoxy) is 1. The number of hydrogen-bond donors (Lipinski definition) is 2. The van der Waals surface area contributed by atoms with E-state index < -0.39 is 17.1 Å². The van der Waals surface area contributed by atoms with E-state index in [-0.39, 0.29) is 29.1 Å². The molecule has 1 heterocycles. The third-order valence-electron chi connectivity index (χ3n) is 9.22. The lowest BCUT2D eigenvalue weighted by Gasteiger charge is -2.61. The van der Waals surface area contributed by atoms with E-state index >= 15 is 0 Å². The molecule has 7 atom stereocenters. The second kappa shape index (κ2) is 6.02. The average molecular weight is 386 g/mol. The van der Waals surface area contributed by atoms with Crippen molar-refractivity contribution in [2.45, 2.75) is 70.0 Å². The molecular weight excluding hydrogens is 356 g/mol. The number of aliphatic hydroxyl groups is 2. The lowest BCUT2D eigenvalue weighted by atomic mass is 9.45. The van der Waals surface area contributed by atoms with Gasteiger partial charge in [-0.2, -0.15) is 0 Å². The highest BCUT2D eigenvalue weighted by molar-refractivity contribution is 5.85. The summed E-state index contributed by atoms with van der Waals surface area (Å²) in [7, 11) is 0. The monoisotopic (exact) mass is 386 g/mol. The largest absolute Gasteiger partial charge is 0.458 e. The standard InChI is InChI=1S/C23H30O5/c1-21-7-5-18-19(3-2-15-11-16(25)4-8-22(15,18)13-24)23(21,27)9-6-17(21)14-10-20(26)28-12-14/h10-11,13,16-19,25,27H,2-9,12H2,1H3/t16?,17?,18-,19-,21?,22?,23?/m1/s1. The van der Waals surface area contributed by atoms with E-state index in [9.17, 15) is 19.8 Å². The summed E-state index contributed by atoms with van der Waals surface area (Å²) in [5.41, 5.74) is 0.520. The summed E-state index contributed by atoms with van der Waals surface area (Å²) >= 11 is 0. The number of hydrogen-bond acceptors (Lipinski definition) is 5. The Labute approximate surface area is 165 Å². The van der Waals surface area contributed by atoms with Gasteiger partial charge in [0.15, 0.2) is 0 Å². The SMILES string of the molecule is CC12CC[C@@H]3[C@@H](CCC4=CC(O)CCC43C=O)C1(O)CCC2C1=CC(=O)OC1. The second-order valence-electron chi connectivity index (χ2n) is 10.0. The van der Waals surface area contributed by atoms with Crippen LogP contribution >= 0.6 is 0 Å². The first kappa shape index (κ1) is 18.6. The second-order valence-corrected chi connectivity index (χ2v) is 10.0. The molecule has 2 N–H and O–H groups in total. The van der Waals surface area contributed by atoms with Crippen LogP contribution in [0.15, 0.2) is 23.3 Å². The molecule has 0 aromatic carbocycles. The summed E-state index contributed by atoms with van der Waals surface area (Å²) < 4.78 is 5.17. The van der Waals surface area contributed by atoms with Gasteiger partial charge in [0.05, 0.1) is 17.1 Å². The first-order chi connectivity index (χ1) is 13.3. The molecule has 0 bridgehead atoms. The zero-order chi connectivity index (χ0) is 19.7. The van der Waals surface area contributed by atoms with Crippen LogP contribution in [0.4, 0.5) is 0 Å². The van der Waals surface area contributed by atoms with Crippen molar-refractivity contribution in [3.63, 3.8) is 0 Å². The Balaban J connectivity index is 1.52. The van der Waals surface area contributed by atoms with Crippen LogP contribution < -0.4 is 0 Å². The first-order valence-corrected chi connectivity index (χ1v) is 10.8. The number of aldehydes is 1. The summed E-state index contributed by atoms with van der Waals surface area (Å²) in [5, 5.41) is 22.2. The predicted octanol–water partition coefficient (Wildman–Crippen LogP) is 2.70. The molecule has 0 aromatic heterocycles. The molecule has 5 unspecified atom stereocenters. The van der Waals surface area contributed by atoms with Gasteiger partial charge in [0.2, 0.25) is 0 Å². The zero-order valence-corrected chi connectivity index (χ0v) is 16.5. The Morgan fingerprint density at radius 3 is 2.68 bits per heavy atom. The molecule has 1 aliphatic heterocycles. The molecule has 0 saturated heterocycles. The number of aliphatic hydroxyl groups excluding tert-OH is 1. The molecule has 3 fully saturated rings. The van der Waals surface area contributed by atoms with E-state index in [2.05, 4.69) is 6.92 Å². The van der Waals surface area contributed by atoms with Crippen molar-refractivity contribution >= 4 is 12.3 Å². The average Bonchev–Trinajstić information content (AvgIpc) is 3.22. The highest BCUT2D eigenvalue weighted by Gasteiger charge is 2.67. The summed E-state index contributed by atoms with van der Waals surface area (Å²) in [4.78, 5) is 24.0. The van der Waals surface area contributed by atoms with Gasteiger partial charge in [-0.1, -0.05) is 18.6 Å². The Bertz CT molecular complexity index is 784. The van der Waals surface area contributed by atoms with Gasteiger partial charge in [-0.3, -0.25) is 0 Å². The summed E-state index contributed by atoms with van der Waals surface area (Å²) in [6.07, 6.45) is 10.5. The molecule has 5 aliphatic rings. The van der Waals surface area contributed by atoms with Gasteiger partial charge in [0.1, 0.15) is 12.9 Å². The van der Waals surface area contributed by atoms with E-state index in [1.54, 1.807) is 6.08 Å². The minimum Gasteiger partial charge on any atom is -0.458 e. The summed E-state index contributed by atoms with van der Waals surface area (Å²) in [6.45, 7) is 2.54. The molecule has 152 valence electrons. The van der Waals surface area contributed by atoms with E-state index in [0.717, 1.165) is 56.0 Å². The van der Waals surface area contributed by atoms with Crippen LogP contribution in [0.5, 0.6) is 0 Å². The first-order valence-electron chi connectivity index (χ1n) is 10.8. The van der Waals surface area contributed by atoms with Crippen molar-refractivity contribution in [3.8, 4) is 0 Å². The van der Waals surface area contributed by atoms with Crippen molar-refractivity contribution in [1.29, 1.82) is 0 Å². The Morgan fingerprint density at radius 2 is 1.96 bits per heavy atom. The Kier molecular flexibility index (Phi) is 3.99. The molecule has 0 amide bonds. The smallest absolute Gasteiger partial charge is 0.331 e. The van der Waals surface area contributed by atoms with Crippen LogP contribution in [0.1, 0.15) is 58.3 Å². The maximum Gasteiger partial charge on any atom is 0.331 e. The number of cyclic esters (lactones) is 1. The highest BCUT2D eigenvalue weighted by atomic mass is 16.5. The van der Waals surface area contributed by atoms with Crippen LogP contribution in [0.2, 0.25) is 0 Å². The molecule has 4 aliphatic carbocycles. The van der Waals surface area contributed by atoms with Gasteiger partial charge in [-0.15, -0.1) is 0 Å². The van der Waals surface area contributed by atoms with Gasteiger partial charge in [0.25, 0.3) is 0 Å². The van der Waals surface area contributed by atoms with Crippen molar-refractivity contribution in [3.05, 3.63) is 23.3 Å². The maximum absolute atomic E-state index is 12.4. The molecular formula is C23H30O5. The molecule has 0 radical (unpaired) electrons. The van der Waals surface area contributed by atoms with E-state index in [1.165, 1.54) is 0 Å². The normalized spacial score (nSPS) is 50.0. The van der Waals surface area contributed by atoms with E-state index in [0.29, 0.717) is 19.4 Å². The Hall–Kier alpha value is -1.46. The number of carbonyl (C=O) groups is 2. The van der Waals surface area contributed by atoms with Crippen LogP contribution in [-0.2, 0) is 14.3 Å². The predicted molar refractivity (Wildman–Crippen MR) is 102 cm³/mol. The van der Waals surface area contributed by atoms with E-state index in [4.69, 9.17) is 4.74 Å². The van der Waals surface area contributed by atoms with Gasteiger partial charge < -0.3 is 19.7 Å². The molecule has 5 rings (SSSR count). The third-order valence-corrected chi connectivity index (χ3v) is 9.22. The molecule has 28 heavy (non-hydrogen) atoms. The zero-order valence-electron chi connectivity index (χ0n) is 16.5. The molecule has 3 saturated carbocycles.